The topological polar surface area (TPSA) is 65.4 Å². The van der Waals surface area contributed by atoms with Crippen molar-refractivity contribution < 1.29 is 19.1 Å². The summed E-state index contributed by atoms with van der Waals surface area (Å²) < 4.78 is 6.02. The number of carbonyl (C=O) groups excluding carboxylic acids is 3. The number of aromatic nitrogens is 1. The van der Waals surface area contributed by atoms with Crippen LogP contribution in [-0.4, -0.2) is 29.7 Å². The summed E-state index contributed by atoms with van der Waals surface area (Å²) in [6.07, 6.45) is 2.04. The molecule has 108 valence electrons. The van der Waals surface area contributed by atoms with E-state index in [4.69, 9.17) is 11.6 Å². The van der Waals surface area contributed by atoms with E-state index < -0.39 is 5.97 Å². The zero-order valence-corrected chi connectivity index (χ0v) is 12.0. The summed E-state index contributed by atoms with van der Waals surface area (Å²) in [7, 11) is 1.24. The van der Waals surface area contributed by atoms with E-state index in [1.54, 1.807) is 24.3 Å². The molecule has 0 aliphatic carbocycles. The number of rotatable bonds is 5. The quantitative estimate of drug-likeness (QED) is 0.484. The highest BCUT2D eigenvalue weighted by molar-refractivity contribution is 6.31. The lowest BCUT2D eigenvalue weighted by Crippen LogP contribution is -2.15. The van der Waals surface area contributed by atoms with E-state index in [0.29, 0.717) is 22.4 Å². The first-order chi connectivity index (χ1) is 10.0. The number of esters is 1. The van der Waals surface area contributed by atoms with Crippen molar-refractivity contribution in [2.24, 2.45) is 0 Å². The van der Waals surface area contributed by atoms with Gasteiger partial charge in [0.05, 0.1) is 13.7 Å². The van der Waals surface area contributed by atoms with Crippen LogP contribution < -0.4 is 0 Å². The van der Waals surface area contributed by atoms with E-state index in [1.807, 2.05) is 0 Å². The molecule has 0 fully saturated rings. The monoisotopic (exact) mass is 305 g/mol. The van der Waals surface area contributed by atoms with E-state index in [2.05, 4.69) is 4.74 Å². The average Bonchev–Trinajstić information content (AvgIpc) is 2.89. The maximum absolute atomic E-state index is 12.2. The molecule has 2 aromatic rings. The van der Waals surface area contributed by atoms with Crippen molar-refractivity contribution in [2.75, 3.05) is 7.11 Å². The van der Waals surface area contributed by atoms with Gasteiger partial charge in [-0.25, -0.2) is 4.79 Å². The summed E-state index contributed by atoms with van der Waals surface area (Å²) in [6, 6.07) is 7.90. The fourth-order valence-electron chi connectivity index (χ4n) is 1.91. The van der Waals surface area contributed by atoms with Crippen molar-refractivity contribution in [1.29, 1.82) is 0 Å². The van der Waals surface area contributed by atoms with Crippen molar-refractivity contribution in [1.82, 2.24) is 4.57 Å². The molecule has 0 bridgehead atoms. The van der Waals surface area contributed by atoms with Gasteiger partial charge >= 0.3 is 5.97 Å². The Kier molecular flexibility index (Phi) is 4.55. The van der Waals surface area contributed by atoms with Gasteiger partial charge in [0, 0.05) is 22.3 Å². The van der Waals surface area contributed by atoms with Crippen LogP contribution in [0.1, 0.15) is 31.2 Å². The Morgan fingerprint density at radius 1 is 1.33 bits per heavy atom. The molecular weight excluding hydrogens is 294 g/mol. The summed E-state index contributed by atoms with van der Waals surface area (Å²) in [5, 5.41) is 0.454. The van der Waals surface area contributed by atoms with Crippen LogP contribution >= 0.6 is 11.6 Å². The van der Waals surface area contributed by atoms with Gasteiger partial charge in [0.2, 0.25) is 0 Å². The molecule has 0 aliphatic heterocycles. The number of aldehydes is 1. The van der Waals surface area contributed by atoms with Crippen LogP contribution in [-0.2, 0) is 11.3 Å². The molecule has 0 radical (unpaired) electrons. The van der Waals surface area contributed by atoms with Crippen LogP contribution in [0.25, 0.3) is 0 Å². The molecule has 6 heteroatoms. The second-order valence-corrected chi connectivity index (χ2v) is 4.77. The second kappa shape index (κ2) is 6.37. The highest BCUT2D eigenvalue weighted by atomic mass is 35.5. The Hall–Kier alpha value is -2.40. The molecule has 0 N–H and O–H groups in total. The fraction of sp³-hybridized carbons (Fsp3) is 0.133. The third-order valence-electron chi connectivity index (χ3n) is 2.91. The van der Waals surface area contributed by atoms with Gasteiger partial charge in [0.15, 0.2) is 12.1 Å². The van der Waals surface area contributed by atoms with E-state index >= 15 is 0 Å². The predicted molar refractivity (Wildman–Crippen MR) is 76.9 cm³/mol. The number of nitrogens with zero attached hydrogens (tertiary/aromatic N) is 1. The lowest BCUT2D eigenvalue weighted by atomic mass is 10.1. The van der Waals surface area contributed by atoms with Crippen LogP contribution in [0.15, 0.2) is 36.5 Å². The molecule has 0 unspecified atom stereocenters. The number of Topliss-reactive ketones (excluding diaryl/α,β-unsaturated/α-hetero) is 1. The normalized spacial score (nSPS) is 10.2. The molecule has 1 aromatic carbocycles. The Morgan fingerprint density at radius 2 is 2.10 bits per heavy atom. The van der Waals surface area contributed by atoms with Gasteiger partial charge in [-0.05, 0) is 18.2 Å². The first kappa shape index (κ1) is 15.0. The zero-order chi connectivity index (χ0) is 15.4. The minimum atomic E-state index is -0.609. The number of benzene rings is 1. The van der Waals surface area contributed by atoms with Gasteiger partial charge in [0.25, 0.3) is 0 Å². The number of ketones is 1. The summed E-state index contributed by atoms with van der Waals surface area (Å²) >= 11 is 5.84. The molecule has 0 spiro atoms. The smallest absolute Gasteiger partial charge is 0.354 e. The van der Waals surface area contributed by atoms with Crippen molar-refractivity contribution in [3.05, 3.63) is 58.4 Å². The van der Waals surface area contributed by atoms with Crippen LogP contribution in [0, 0.1) is 0 Å². The summed E-state index contributed by atoms with van der Waals surface area (Å²) in [5.41, 5.74) is 0.879. The molecule has 2 rings (SSSR count). The number of hydrogen-bond acceptors (Lipinski definition) is 4. The highest BCUT2D eigenvalue weighted by Crippen LogP contribution is 2.14. The van der Waals surface area contributed by atoms with Gasteiger partial charge in [-0.3, -0.25) is 9.59 Å². The van der Waals surface area contributed by atoms with Crippen molar-refractivity contribution >= 4 is 29.6 Å². The van der Waals surface area contributed by atoms with Crippen molar-refractivity contribution in [3.8, 4) is 0 Å². The zero-order valence-electron chi connectivity index (χ0n) is 11.2. The van der Waals surface area contributed by atoms with E-state index in [0.717, 1.165) is 0 Å². The molecule has 1 heterocycles. The van der Waals surface area contributed by atoms with Crippen molar-refractivity contribution in [2.45, 2.75) is 6.54 Å². The van der Waals surface area contributed by atoms with E-state index in [1.165, 1.54) is 23.9 Å². The molecule has 1 aromatic heterocycles. The molecule has 0 saturated carbocycles. The maximum atomic E-state index is 12.2. The van der Waals surface area contributed by atoms with Gasteiger partial charge in [-0.1, -0.05) is 23.7 Å². The first-order valence-corrected chi connectivity index (χ1v) is 6.45. The molecular formula is C15H12ClNO4. The maximum Gasteiger partial charge on any atom is 0.354 e. The number of methoxy groups -OCH3 is 1. The Balaban J connectivity index is 2.30. The van der Waals surface area contributed by atoms with Crippen LogP contribution in [0.3, 0.4) is 0 Å². The van der Waals surface area contributed by atoms with Gasteiger partial charge in [0.1, 0.15) is 5.69 Å². The van der Waals surface area contributed by atoms with Crippen molar-refractivity contribution in [3.63, 3.8) is 0 Å². The SMILES string of the molecule is COC(=O)c1cc(C=O)cn1CC(=O)c1cccc(Cl)c1. The first-order valence-electron chi connectivity index (χ1n) is 6.07. The lowest BCUT2D eigenvalue weighted by molar-refractivity contribution is 0.0588. The second-order valence-electron chi connectivity index (χ2n) is 4.33. The van der Waals surface area contributed by atoms with Crippen LogP contribution in [0.5, 0.6) is 0 Å². The summed E-state index contributed by atoms with van der Waals surface area (Å²) in [4.78, 5) is 34.7. The molecule has 21 heavy (non-hydrogen) atoms. The van der Waals surface area contributed by atoms with Gasteiger partial charge in [-0.15, -0.1) is 0 Å². The molecule has 0 saturated heterocycles. The highest BCUT2D eigenvalue weighted by Gasteiger charge is 2.17. The van der Waals surface area contributed by atoms with Gasteiger partial charge < -0.3 is 9.30 Å². The number of ether oxygens (including phenoxy) is 1. The largest absolute Gasteiger partial charge is 0.464 e. The molecule has 5 nitrogen and oxygen atoms in total. The molecule has 0 atom stereocenters. The van der Waals surface area contributed by atoms with Crippen LogP contribution in [0.2, 0.25) is 5.02 Å². The number of hydrogen-bond donors (Lipinski definition) is 0. The number of carbonyl (C=O) groups is 3. The third-order valence-corrected chi connectivity index (χ3v) is 3.14. The average molecular weight is 306 g/mol. The Bertz CT molecular complexity index is 705. The minimum absolute atomic E-state index is 0.0847. The standard InChI is InChI=1S/C15H12ClNO4/c1-21-15(20)13-5-10(9-18)7-17(13)8-14(19)11-3-2-4-12(16)6-11/h2-7,9H,8H2,1H3. The summed E-state index contributed by atoms with van der Waals surface area (Å²) in [6.45, 7) is -0.0847. The van der Waals surface area contributed by atoms with E-state index in [-0.39, 0.29) is 18.0 Å². The molecule has 0 aliphatic rings. The predicted octanol–water partition coefficient (Wildman–Crippen LogP) is 2.62. The third kappa shape index (κ3) is 3.38. The molecule has 0 amide bonds. The Morgan fingerprint density at radius 3 is 2.71 bits per heavy atom. The van der Waals surface area contributed by atoms with E-state index in [9.17, 15) is 14.4 Å². The lowest BCUT2D eigenvalue weighted by Gasteiger charge is -2.07. The Labute approximate surface area is 126 Å². The van der Waals surface area contributed by atoms with Gasteiger partial charge in [-0.2, -0.15) is 0 Å². The minimum Gasteiger partial charge on any atom is -0.464 e. The fourth-order valence-corrected chi connectivity index (χ4v) is 2.10. The summed E-state index contributed by atoms with van der Waals surface area (Å²) in [5.74, 6) is -0.835. The number of halogens is 1. The van der Waals surface area contributed by atoms with Crippen LogP contribution in [0.4, 0.5) is 0 Å².